The lowest BCUT2D eigenvalue weighted by Crippen LogP contribution is -2.48. The van der Waals surface area contributed by atoms with E-state index in [1.165, 1.54) is 0 Å². The summed E-state index contributed by atoms with van der Waals surface area (Å²) in [4.78, 5) is 13.5. The highest BCUT2D eigenvalue weighted by Gasteiger charge is 2.37. The Hall–Kier alpha value is -1.71. The summed E-state index contributed by atoms with van der Waals surface area (Å²) in [6, 6.07) is 7.82. The molecule has 1 aliphatic rings. The molecule has 1 fully saturated rings. The summed E-state index contributed by atoms with van der Waals surface area (Å²) in [6.07, 6.45) is 4.29. The van der Waals surface area contributed by atoms with Crippen molar-refractivity contribution in [3.8, 4) is 0 Å². The van der Waals surface area contributed by atoms with E-state index in [9.17, 15) is 4.79 Å². The minimum atomic E-state index is -0.213. The van der Waals surface area contributed by atoms with Crippen LogP contribution in [0.4, 0.5) is 10.5 Å². The van der Waals surface area contributed by atoms with Gasteiger partial charge in [-0.15, -0.1) is 0 Å². The van der Waals surface area contributed by atoms with Crippen molar-refractivity contribution in [2.45, 2.75) is 31.2 Å². The smallest absolute Gasteiger partial charge is 0.317 e. The van der Waals surface area contributed by atoms with Gasteiger partial charge >= 0.3 is 6.03 Å². The number of nitrogens with two attached hydrogens (primary N) is 1. The van der Waals surface area contributed by atoms with Crippen molar-refractivity contribution in [1.29, 1.82) is 0 Å². The monoisotopic (exact) mass is 247 g/mol. The maximum atomic E-state index is 11.9. The zero-order valence-electron chi connectivity index (χ0n) is 11.1. The Morgan fingerprint density at radius 3 is 2.28 bits per heavy atom. The molecule has 0 atom stereocenters. The first-order chi connectivity index (χ1) is 8.53. The van der Waals surface area contributed by atoms with Gasteiger partial charge in [0.25, 0.3) is 0 Å². The molecule has 1 aliphatic carbocycles. The number of hydrogen-bond donors (Lipinski definition) is 2. The molecule has 18 heavy (non-hydrogen) atoms. The van der Waals surface area contributed by atoms with Crippen LogP contribution in [0.5, 0.6) is 0 Å². The topological polar surface area (TPSA) is 58.4 Å². The summed E-state index contributed by atoms with van der Waals surface area (Å²) in [7, 11) is 3.53. The van der Waals surface area contributed by atoms with Crippen molar-refractivity contribution < 1.29 is 4.79 Å². The van der Waals surface area contributed by atoms with E-state index < -0.39 is 0 Å². The summed E-state index contributed by atoms with van der Waals surface area (Å²) in [6.45, 7) is 0. The molecule has 0 unspecified atom stereocenters. The molecule has 1 saturated carbocycles. The molecule has 1 aromatic rings. The van der Waals surface area contributed by atoms with Crippen molar-refractivity contribution in [2.75, 3.05) is 19.8 Å². The molecule has 1 aromatic carbocycles. The predicted octanol–water partition coefficient (Wildman–Crippen LogP) is 2.31. The second-order valence-corrected chi connectivity index (χ2v) is 5.24. The molecule has 0 saturated heterocycles. The van der Waals surface area contributed by atoms with E-state index >= 15 is 0 Å². The number of urea groups is 1. The van der Waals surface area contributed by atoms with Crippen LogP contribution in [0.3, 0.4) is 0 Å². The lowest BCUT2D eigenvalue weighted by atomic mass is 9.88. The van der Waals surface area contributed by atoms with Gasteiger partial charge in [0.1, 0.15) is 0 Å². The third kappa shape index (κ3) is 2.42. The van der Waals surface area contributed by atoms with Crippen molar-refractivity contribution in [2.24, 2.45) is 0 Å². The van der Waals surface area contributed by atoms with Crippen molar-refractivity contribution in [3.05, 3.63) is 29.8 Å². The Morgan fingerprint density at radius 2 is 1.78 bits per heavy atom. The average Bonchev–Trinajstić information content (AvgIpc) is 2.79. The number of rotatable bonds is 2. The van der Waals surface area contributed by atoms with Gasteiger partial charge in [-0.05, 0) is 30.5 Å². The highest BCUT2D eigenvalue weighted by Crippen LogP contribution is 2.39. The van der Waals surface area contributed by atoms with Gasteiger partial charge in [0.05, 0.1) is 5.54 Å². The molecule has 4 nitrogen and oxygen atoms in total. The van der Waals surface area contributed by atoms with E-state index in [0.29, 0.717) is 0 Å². The van der Waals surface area contributed by atoms with Gasteiger partial charge < -0.3 is 16.0 Å². The van der Waals surface area contributed by atoms with E-state index in [4.69, 9.17) is 5.73 Å². The molecule has 0 radical (unpaired) electrons. The van der Waals surface area contributed by atoms with Crippen molar-refractivity contribution in [1.82, 2.24) is 10.2 Å². The normalized spacial score (nSPS) is 17.4. The Labute approximate surface area is 108 Å². The van der Waals surface area contributed by atoms with Gasteiger partial charge in [0, 0.05) is 19.8 Å². The second-order valence-electron chi connectivity index (χ2n) is 5.24. The summed E-state index contributed by atoms with van der Waals surface area (Å²) >= 11 is 0. The number of amides is 2. The van der Waals surface area contributed by atoms with E-state index in [-0.39, 0.29) is 11.6 Å². The summed E-state index contributed by atoms with van der Waals surface area (Å²) in [5.41, 5.74) is 7.42. The fourth-order valence-electron chi connectivity index (χ4n) is 2.58. The molecule has 0 aromatic heterocycles. The lowest BCUT2D eigenvalue weighted by molar-refractivity contribution is 0.200. The third-order valence-corrected chi connectivity index (χ3v) is 3.67. The first-order valence-electron chi connectivity index (χ1n) is 6.39. The number of nitrogen functional groups attached to an aromatic ring is 1. The number of benzene rings is 1. The number of nitrogens with one attached hydrogen (secondary N) is 1. The summed E-state index contributed by atoms with van der Waals surface area (Å²) < 4.78 is 0. The van der Waals surface area contributed by atoms with Gasteiger partial charge in [0.2, 0.25) is 0 Å². The Bertz CT molecular complexity index is 419. The van der Waals surface area contributed by atoms with E-state index in [2.05, 4.69) is 5.32 Å². The fraction of sp³-hybridized carbons (Fsp3) is 0.500. The van der Waals surface area contributed by atoms with Gasteiger partial charge in [-0.25, -0.2) is 4.79 Å². The van der Waals surface area contributed by atoms with Crippen LogP contribution < -0.4 is 11.1 Å². The van der Waals surface area contributed by atoms with Crippen molar-refractivity contribution in [3.63, 3.8) is 0 Å². The highest BCUT2D eigenvalue weighted by molar-refractivity contribution is 5.74. The number of carbonyl (C=O) groups is 1. The second kappa shape index (κ2) is 4.88. The van der Waals surface area contributed by atoms with Crippen LogP contribution in [0.15, 0.2) is 24.3 Å². The van der Waals surface area contributed by atoms with Crippen molar-refractivity contribution >= 4 is 11.7 Å². The van der Waals surface area contributed by atoms with Gasteiger partial charge in [-0.1, -0.05) is 25.0 Å². The largest absolute Gasteiger partial charge is 0.399 e. The first kappa shape index (κ1) is 12.7. The SMILES string of the molecule is CN(C)C(=O)NC1(c2ccc(N)cc2)CCCC1. The van der Waals surface area contributed by atoms with E-state index in [0.717, 1.165) is 36.9 Å². The van der Waals surface area contributed by atoms with Crippen LogP contribution in [-0.4, -0.2) is 25.0 Å². The number of hydrogen-bond acceptors (Lipinski definition) is 2. The molecule has 2 rings (SSSR count). The van der Waals surface area contributed by atoms with Crippen LogP contribution >= 0.6 is 0 Å². The minimum absolute atomic E-state index is 0.0336. The molecule has 3 N–H and O–H groups in total. The third-order valence-electron chi connectivity index (χ3n) is 3.67. The Morgan fingerprint density at radius 1 is 1.22 bits per heavy atom. The molecule has 2 amide bonds. The van der Waals surface area contributed by atoms with E-state index in [1.807, 2.05) is 24.3 Å². The molecular weight excluding hydrogens is 226 g/mol. The van der Waals surface area contributed by atoms with Crippen LogP contribution in [-0.2, 0) is 5.54 Å². The highest BCUT2D eigenvalue weighted by atomic mass is 16.2. The van der Waals surface area contributed by atoms with Gasteiger partial charge in [-0.3, -0.25) is 0 Å². The van der Waals surface area contributed by atoms with Crippen LogP contribution in [0.1, 0.15) is 31.2 Å². The molecule has 0 spiro atoms. The number of nitrogens with zero attached hydrogens (tertiary/aromatic N) is 1. The van der Waals surface area contributed by atoms with E-state index in [1.54, 1.807) is 19.0 Å². The molecule has 0 heterocycles. The minimum Gasteiger partial charge on any atom is -0.399 e. The summed E-state index contributed by atoms with van der Waals surface area (Å²) in [5.74, 6) is 0. The van der Waals surface area contributed by atoms with Crippen LogP contribution in [0.2, 0.25) is 0 Å². The number of anilines is 1. The molecule has 0 bridgehead atoms. The maximum absolute atomic E-state index is 11.9. The van der Waals surface area contributed by atoms with Gasteiger partial charge in [-0.2, -0.15) is 0 Å². The Balaban J connectivity index is 2.26. The molecule has 4 heteroatoms. The zero-order valence-corrected chi connectivity index (χ0v) is 11.1. The standard InChI is InChI=1S/C14H21N3O/c1-17(2)13(18)16-14(9-3-4-10-14)11-5-7-12(15)8-6-11/h5-8H,3-4,9-10,15H2,1-2H3,(H,16,18). The molecule has 0 aliphatic heterocycles. The first-order valence-corrected chi connectivity index (χ1v) is 6.39. The molecular formula is C14H21N3O. The van der Waals surface area contributed by atoms with Crippen LogP contribution in [0.25, 0.3) is 0 Å². The summed E-state index contributed by atoms with van der Waals surface area (Å²) in [5, 5.41) is 3.17. The maximum Gasteiger partial charge on any atom is 0.317 e. The Kier molecular flexibility index (Phi) is 3.45. The number of carbonyl (C=O) groups excluding carboxylic acids is 1. The average molecular weight is 247 g/mol. The fourth-order valence-corrected chi connectivity index (χ4v) is 2.58. The predicted molar refractivity (Wildman–Crippen MR) is 73.2 cm³/mol. The van der Waals surface area contributed by atoms with Crippen LogP contribution in [0, 0.1) is 0 Å². The quantitative estimate of drug-likeness (QED) is 0.788. The molecule has 98 valence electrons. The van der Waals surface area contributed by atoms with Gasteiger partial charge in [0.15, 0.2) is 0 Å². The lowest BCUT2D eigenvalue weighted by Gasteiger charge is -2.32. The zero-order chi connectivity index (χ0) is 13.2.